The minimum atomic E-state index is -0.948. The molecule has 6 heteroatoms. The number of ether oxygens (including phenoxy) is 1. The highest BCUT2D eigenvalue weighted by molar-refractivity contribution is 8.01. The van der Waals surface area contributed by atoms with Gasteiger partial charge in [-0.1, -0.05) is 23.2 Å². The molecular formula is C7H9Cl2NO2S. The van der Waals surface area contributed by atoms with Gasteiger partial charge in [0.1, 0.15) is 4.87 Å². The van der Waals surface area contributed by atoms with Crippen LogP contribution in [0.4, 0.5) is 0 Å². The number of alkyl halides is 2. The second kappa shape index (κ2) is 3.50. The molecule has 13 heavy (non-hydrogen) atoms. The molecule has 2 saturated heterocycles. The molecular weight excluding hydrogens is 233 g/mol. The highest BCUT2D eigenvalue weighted by Crippen LogP contribution is 2.42. The van der Waals surface area contributed by atoms with Crippen LogP contribution in [0, 0.1) is 0 Å². The van der Waals surface area contributed by atoms with E-state index in [1.54, 1.807) is 16.7 Å². The predicted molar refractivity (Wildman–Crippen MR) is 53.2 cm³/mol. The normalized spacial score (nSPS) is 25.3. The highest BCUT2D eigenvalue weighted by Gasteiger charge is 2.51. The van der Waals surface area contributed by atoms with Crippen molar-refractivity contribution in [1.82, 2.24) is 4.90 Å². The van der Waals surface area contributed by atoms with Crippen LogP contribution in [0.1, 0.15) is 0 Å². The maximum atomic E-state index is 11.5. The van der Waals surface area contributed by atoms with Gasteiger partial charge in [0.25, 0.3) is 5.91 Å². The largest absolute Gasteiger partial charge is 0.375 e. The van der Waals surface area contributed by atoms with Crippen molar-refractivity contribution in [3.05, 3.63) is 0 Å². The van der Waals surface area contributed by atoms with Crippen molar-refractivity contribution < 1.29 is 9.53 Å². The topological polar surface area (TPSA) is 29.5 Å². The molecule has 2 aliphatic rings. The van der Waals surface area contributed by atoms with E-state index in [0.29, 0.717) is 13.2 Å². The Kier molecular flexibility index (Phi) is 2.66. The lowest BCUT2D eigenvalue weighted by Crippen LogP contribution is -2.59. The van der Waals surface area contributed by atoms with Gasteiger partial charge in [-0.2, -0.15) is 0 Å². The molecule has 2 rings (SSSR count). The summed E-state index contributed by atoms with van der Waals surface area (Å²) in [7, 11) is 0. The maximum absolute atomic E-state index is 11.5. The fourth-order valence-corrected chi connectivity index (χ4v) is 3.11. The molecule has 0 aromatic heterocycles. The van der Waals surface area contributed by atoms with Gasteiger partial charge in [0.05, 0.1) is 13.2 Å². The number of hydrogen-bond acceptors (Lipinski definition) is 3. The summed E-state index contributed by atoms with van der Waals surface area (Å²) in [5.41, 5.74) is 0. The Morgan fingerprint density at radius 2 is 2.23 bits per heavy atom. The lowest BCUT2D eigenvalue weighted by atomic mass is 10.2. The van der Waals surface area contributed by atoms with Crippen LogP contribution in [0.2, 0.25) is 0 Å². The molecule has 3 nitrogen and oxygen atoms in total. The van der Waals surface area contributed by atoms with Crippen LogP contribution >= 0.6 is 35.0 Å². The first kappa shape index (κ1) is 9.90. The zero-order valence-electron chi connectivity index (χ0n) is 6.83. The smallest absolute Gasteiger partial charge is 0.257 e. The van der Waals surface area contributed by atoms with Crippen LogP contribution in [-0.4, -0.2) is 46.0 Å². The van der Waals surface area contributed by atoms with Crippen molar-refractivity contribution in [2.45, 2.75) is 9.71 Å². The first-order valence-electron chi connectivity index (χ1n) is 3.97. The van der Waals surface area contributed by atoms with Crippen LogP contribution in [0.3, 0.4) is 0 Å². The van der Waals surface area contributed by atoms with Crippen molar-refractivity contribution in [1.29, 1.82) is 0 Å². The van der Waals surface area contributed by atoms with Crippen LogP contribution in [0.15, 0.2) is 0 Å². The van der Waals surface area contributed by atoms with Crippen LogP contribution < -0.4 is 0 Å². The molecule has 0 aromatic carbocycles. The Labute approximate surface area is 90.7 Å². The number of carbonyl (C=O) groups is 1. The zero-order valence-corrected chi connectivity index (χ0v) is 9.16. The van der Waals surface area contributed by atoms with E-state index in [1.807, 2.05) is 0 Å². The Balaban J connectivity index is 2.09. The second-order valence-electron chi connectivity index (χ2n) is 3.08. The number of thioether (sulfide) groups is 1. The fourth-order valence-electron chi connectivity index (χ4n) is 1.55. The first-order chi connectivity index (χ1) is 6.16. The molecule has 0 aromatic rings. The summed E-state index contributed by atoms with van der Waals surface area (Å²) in [5.74, 6) is 0.743. The minimum absolute atomic E-state index is 0.154. The molecule has 0 unspecified atom stereocenters. The molecule has 0 saturated carbocycles. The predicted octanol–water partition coefficient (Wildman–Crippen LogP) is 1.09. The minimum Gasteiger partial charge on any atom is -0.375 e. The first-order valence-corrected chi connectivity index (χ1v) is 5.83. The van der Waals surface area contributed by atoms with Crippen molar-refractivity contribution in [3.8, 4) is 0 Å². The van der Waals surface area contributed by atoms with Gasteiger partial charge in [-0.25, -0.2) is 0 Å². The molecule has 0 aliphatic carbocycles. The van der Waals surface area contributed by atoms with Gasteiger partial charge in [0, 0.05) is 12.3 Å². The van der Waals surface area contributed by atoms with Crippen molar-refractivity contribution in [3.63, 3.8) is 0 Å². The summed E-state index contributed by atoms with van der Waals surface area (Å²) in [5, 5.41) is 0. The third-order valence-corrected chi connectivity index (χ3v) is 4.04. The SMILES string of the molecule is O=C(C(Cl)Cl)N1CCSC12COC2. The third kappa shape index (κ3) is 1.54. The van der Waals surface area contributed by atoms with Crippen LogP contribution in [-0.2, 0) is 9.53 Å². The molecule has 1 amide bonds. The van der Waals surface area contributed by atoms with Crippen molar-refractivity contribution >= 4 is 40.9 Å². The lowest BCUT2D eigenvalue weighted by molar-refractivity contribution is -0.144. The van der Waals surface area contributed by atoms with Crippen molar-refractivity contribution in [2.75, 3.05) is 25.5 Å². The van der Waals surface area contributed by atoms with Gasteiger partial charge in [0.15, 0.2) is 4.84 Å². The maximum Gasteiger partial charge on any atom is 0.257 e. The average molecular weight is 242 g/mol. The number of halogens is 2. The van der Waals surface area contributed by atoms with E-state index in [1.165, 1.54) is 0 Å². The number of amides is 1. The summed E-state index contributed by atoms with van der Waals surface area (Å²) >= 11 is 12.8. The summed E-state index contributed by atoms with van der Waals surface area (Å²) < 4.78 is 5.12. The molecule has 0 bridgehead atoms. The van der Waals surface area contributed by atoms with Gasteiger partial charge < -0.3 is 9.64 Å². The molecule has 2 aliphatic heterocycles. The van der Waals surface area contributed by atoms with Gasteiger partial charge in [-0.15, -0.1) is 11.8 Å². The zero-order chi connectivity index (χ0) is 9.47. The molecule has 2 heterocycles. The van der Waals surface area contributed by atoms with Gasteiger partial charge >= 0.3 is 0 Å². The standard InChI is InChI=1S/C7H9Cl2NO2S/c8-5(9)6(11)10-1-2-13-7(10)3-12-4-7/h5H,1-4H2. The number of rotatable bonds is 1. The molecule has 0 atom stereocenters. The number of nitrogens with zero attached hydrogens (tertiary/aromatic N) is 1. The summed E-state index contributed by atoms with van der Waals surface area (Å²) in [6.45, 7) is 1.93. The Hall–Kier alpha value is 0.360. The summed E-state index contributed by atoms with van der Waals surface area (Å²) in [4.78, 5) is 12.2. The van der Waals surface area contributed by atoms with Gasteiger partial charge in [-0.05, 0) is 0 Å². The van der Waals surface area contributed by atoms with E-state index >= 15 is 0 Å². The van der Waals surface area contributed by atoms with E-state index in [2.05, 4.69) is 0 Å². The van der Waals surface area contributed by atoms with Crippen LogP contribution in [0.25, 0.3) is 0 Å². The van der Waals surface area contributed by atoms with E-state index < -0.39 is 4.84 Å². The van der Waals surface area contributed by atoms with Gasteiger partial charge in [0.2, 0.25) is 0 Å². The van der Waals surface area contributed by atoms with E-state index in [0.717, 1.165) is 12.3 Å². The summed E-state index contributed by atoms with van der Waals surface area (Å²) in [6.07, 6.45) is 0. The molecule has 0 radical (unpaired) electrons. The third-order valence-electron chi connectivity index (χ3n) is 2.29. The fraction of sp³-hybridized carbons (Fsp3) is 0.857. The van der Waals surface area contributed by atoms with Gasteiger partial charge in [-0.3, -0.25) is 4.79 Å². The van der Waals surface area contributed by atoms with E-state index in [-0.39, 0.29) is 10.8 Å². The van der Waals surface area contributed by atoms with Crippen molar-refractivity contribution in [2.24, 2.45) is 0 Å². The molecule has 74 valence electrons. The highest BCUT2D eigenvalue weighted by atomic mass is 35.5. The quantitative estimate of drug-likeness (QED) is 0.645. The summed E-state index contributed by atoms with van der Waals surface area (Å²) in [6, 6.07) is 0. The monoisotopic (exact) mass is 241 g/mol. The van der Waals surface area contributed by atoms with E-state index in [4.69, 9.17) is 27.9 Å². The second-order valence-corrected chi connectivity index (χ2v) is 5.63. The Morgan fingerprint density at radius 3 is 2.69 bits per heavy atom. The lowest BCUT2D eigenvalue weighted by Gasteiger charge is -2.44. The molecule has 2 fully saturated rings. The average Bonchev–Trinajstić information content (AvgIpc) is 2.44. The Morgan fingerprint density at radius 1 is 1.54 bits per heavy atom. The number of hydrogen-bond donors (Lipinski definition) is 0. The van der Waals surface area contributed by atoms with E-state index in [9.17, 15) is 4.79 Å². The Bertz CT molecular complexity index is 233. The number of carbonyl (C=O) groups excluding carboxylic acids is 1. The molecule has 1 spiro atoms. The van der Waals surface area contributed by atoms with Crippen LogP contribution in [0.5, 0.6) is 0 Å². The molecule has 0 N–H and O–H groups in total.